The first-order valence-corrected chi connectivity index (χ1v) is 7.59. The number of aryl methyl sites for hydroxylation is 2. The van der Waals surface area contributed by atoms with Crippen molar-refractivity contribution in [3.63, 3.8) is 0 Å². The van der Waals surface area contributed by atoms with Gasteiger partial charge in [-0.15, -0.1) is 0 Å². The van der Waals surface area contributed by atoms with E-state index in [1.165, 1.54) is 12.1 Å². The molecule has 1 aromatic heterocycles. The predicted molar refractivity (Wildman–Crippen MR) is 74.2 cm³/mol. The Bertz CT molecular complexity index is 627. The van der Waals surface area contributed by atoms with Crippen molar-refractivity contribution in [1.82, 2.24) is 9.78 Å². The van der Waals surface area contributed by atoms with Gasteiger partial charge in [-0.2, -0.15) is 5.10 Å². The van der Waals surface area contributed by atoms with Gasteiger partial charge >= 0.3 is 0 Å². The van der Waals surface area contributed by atoms with Gasteiger partial charge in [-0.25, -0.2) is 4.39 Å². The monoisotopic (exact) mass is 300 g/mol. The molecule has 0 spiro atoms. The van der Waals surface area contributed by atoms with Crippen LogP contribution in [0.15, 0.2) is 29.2 Å². The van der Waals surface area contributed by atoms with Crippen LogP contribution in [0.5, 0.6) is 0 Å². The molecule has 2 aromatic rings. The number of benzene rings is 1. The van der Waals surface area contributed by atoms with Crippen molar-refractivity contribution in [2.75, 3.05) is 0 Å². The molecule has 0 fully saturated rings. The number of hydrogen-bond acceptors (Lipinski definition) is 2. The third kappa shape index (κ3) is 2.87. The van der Waals surface area contributed by atoms with E-state index < -0.39 is 16.6 Å². The highest BCUT2D eigenvalue weighted by Gasteiger charge is 2.17. The number of halogens is 2. The summed E-state index contributed by atoms with van der Waals surface area (Å²) in [5.41, 5.74) is 1.38. The summed E-state index contributed by atoms with van der Waals surface area (Å²) >= 11 is 6.15. The second-order valence-corrected chi connectivity index (χ2v) is 5.88. The summed E-state index contributed by atoms with van der Waals surface area (Å²) in [6.45, 7) is 4.36. The average molecular weight is 301 g/mol. The minimum atomic E-state index is -1.48. The van der Waals surface area contributed by atoms with E-state index in [0.29, 0.717) is 23.0 Å². The Morgan fingerprint density at radius 2 is 2.11 bits per heavy atom. The second kappa shape index (κ2) is 5.84. The van der Waals surface area contributed by atoms with Crippen LogP contribution in [0.1, 0.15) is 18.3 Å². The molecule has 0 saturated heterocycles. The molecule has 1 heterocycles. The van der Waals surface area contributed by atoms with Crippen molar-refractivity contribution in [3.05, 3.63) is 46.5 Å². The lowest BCUT2D eigenvalue weighted by molar-refractivity contribution is 0.593. The van der Waals surface area contributed by atoms with Gasteiger partial charge in [0.25, 0.3) is 0 Å². The molecule has 0 aliphatic rings. The molecule has 0 saturated carbocycles. The van der Waals surface area contributed by atoms with Gasteiger partial charge in [-0.05, 0) is 26.0 Å². The topological polar surface area (TPSA) is 34.9 Å². The quantitative estimate of drug-likeness (QED) is 0.868. The summed E-state index contributed by atoms with van der Waals surface area (Å²) in [6.07, 6.45) is 0. The van der Waals surface area contributed by atoms with Gasteiger partial charge in [0, 0.05) is 6.54 Å². The first-order valence-electron chi connectivity index (χ1n) is 5.89. The van der Waals surface area contributed by atoms with Crippen molar-refractivity contribution < 1.29 is 8.60 Å². The predicted octanol–water partition coefficient (Wildman–Crippen LogP) is 3.31. The Hall–Kier alpha value is -1.20. The van der Waals surface area contributed by atoms with Crippen molar-refractivity contribution in [1.29, 1.82) is 0 Å². The van der Waals surface area contributed by atoms with E-state index in [1.54, 1.807) is 23.7 Å². The van der Waals surface area contributed by atoms with Crippen LogP contribution in [0.25, 0.3) is 0 Å². The Morgan fingerprint density at radius 3 is 2.74 bits per heavy atom. The zero-order chi connectivity index (χ0) is 14.0. The normalized spacial score (nSPS) is 12.6. The maximum absolute atomic E-state index is 13.6. The van der Waals surface area contributed by atoms with E-state index in [2.05, 4.69) is 5.10 Å². The smallest absolute Gasteiger partial charge is 0.139 e. The van der Waals surface area contributed by atoms with Gasteiger partial charge in [0.2, 0.25) is 0 Å². The summed E-state index contributed by atoms with van der Waals surface area (Å²) in [7, 11) is -1.48. The highest BCUT2D eigenvalue weighted by atomic mass is 35.5. The van der Waals surface area contributed by atoms with Crippen LogP contribution < -0.4 is 0 Å². The Balaban J connectivity index is 2.32. The maximum atomic E-state index is 13.6. The third-order valence-corrected chi connectivity index (χ3v) is 4.65. The molecular weight excluding hydrogens is 287 g/mol. The lowest BCUT2D eigenvalue weighted by atomic mass is 10.3. The molecule has 1 aromatic carbocycles. The maximum Gasteiger partial charge on any atom is 0.139 e. The molecular formula is C13H14ClFN2OS. The molecule has 0 amide bonds. The highest BCUT2D eigenvalue weighted by Crippen LogP contribution is 2.24. The number of hydrogen-bond donors (Lipinski definition) is 0. The SMILES string of the molecule is CCn1nc(C)c(Cl)c1CS(=O)c1ccccc1F. The first kappa shape index (κ1) is 14.2. The fourth-order valence-electron chi connectivity index (χ4n) is 1.84. The molecule has 19 heavy (non-hydrogen) atoms. The van der Waals surface area contributed by atoms with Crippen molar-refractivity contribution in [2.45, 2.75) is 31.0 Å². The molecule has 6 heteroatoms. The van der Waals surface area contributed by atoms with Crippen LogP contribution in [0.3, 0.4) is 0 Å². The number of aromatic nitrogens is 2. The molecule has 2 rings (SSSR count). The van der Waals surface area contributed by atoms with Gasteiger partial charge in [-0.1, -0.05) is 23.7 Å². The van der Waals surface area contributed by atoms with Gasteiger partial charge in [0.05, 0.1) is 37.9 Å². The molecule has 0 aliphatic carbocycles. The van der Waals surface area contributed by atoms with Crippen molar-refractivity contribution in [2.24, 2.45) is 0 Å². The molecule has 102 valence electrons. The Kier molecular flexibility index (Phi) is 4.37. The van der Waals surface area contributed by atoms with Crippen molar-refractivity contribution in [3.8, 4) is 0 Å². The zero-order valence-corrected chi connectivity index (χ0v) is 12.3. The van der Waals surface area contributed by atoms with Crippen LogP contribution in [-0.4, -0.2) is 14.0 Å². The first-order chi connectivity index (χ1) is 9.04. The van der Waals surface area contributed by atoms with Crippen LogP contribution in [-0.2, 0) is 23.1 Å². The molecule has 0 N–H and O–H groups in total. The van der Waals surface area contributed by atoms with E-state index in [0.717, 1.165) is 0 Å². The number of rotatable bonds is 4. The lowest BCUT2D eigenvalue weighted by Gasteiger charge is -2.06. The van der Waals surface area contributed by atoms with E-state index in [4.69, 9.17) is 11.6 Å². The number of nitrogens with zero attached hydrogens (tertiary/aromatic N) is 2. The summed E-state index contributed by atoms with van der Waals surface area (Å²) < 4.78 is 27.5. The summed E-state index contributed by atoms with van der Waals surface area (Å²) in [5, 5.41) is 4.76. The Labute approximate surface area is 118 Å². The molecule has 0 bridgehead atoms. The highest BCUT2D eigenvalue weighted by molar-refractivity contribution is 7.84. The van der Waals surface area contributed by atoms with Crippen LogP contribution in [0.2, 0.25) is 5.02 Å². The summed E-state index contributed by atoms with van der Waals surface area (Å²) in [4.78, 5) is 0.195. The molecule has 1 unspecified atom stereocenters. The van der Waals surface area contributed by atoms with E-state index in [1.807, 2.05) is 6.92 Å². The summed E-state index contributed by atoms with van der Waals surface area (Å²) in [5.74, 6) is -0.301. The van der Waals surface area contributed by atoms with Gasteiger partial charge < -0.3 is 0 Å². The fourth-order valence-corrected chi connectivity index (χ4v) is 3.33. The third-order valence-electron chi connectivity index (χ3n) is 2.80. The minimum absolute atomic E-state index is 0.161. The molecule has 0 radical (unpaired) electrons. The van der Waals surface area contributed by atoms with Gasteiger partial charge in [-0.3, -0.25) is 8.89 Å². The molecule has 1 atom stereocenters. The largest absolute Gasteiger partial charge is 0.267 e. The Morgan fingerprint density at radius 1 is 1.42 bits per heavy atom. The van der Waals surface area contributed by atoms with Crippen LogP contribution in [0.4, 0.5) is 4.39 Å². The minimum Gasteiger partial charge on any atom is -0.267 e. The van der Waals surface area contributed by atoms with Gasteiger partial charge in [0.15, 0.2) is 0 Å². The van der Waals surface area contributed by atoms with E-state index >= 15 is 0 Å². The molecule has 0 aliphatic heterocycles. The lowest BCUT2D eigenvalue weighted by Crippen LogP contribution is -2.07. The standard InChI is InChI=1S/C13H14ClFN2OS/c1-3-17-11(13(14)9(2)16-17)8-19(18)12-7-5-4-6-10(12)15/h4-7H,3,8H2,1-2H3. The zero-order valence-electron chi connectivity index (χ0n) is 10.7. The van der Waals surface area contributed by atoms with Gasteiger partial charge in [0.1, 0.15) is 5.82 Å². The summed E-state index contributed by atoms with van der Waals surface area (Å²) in [6, 6.07) is 6.07. The van der Waals surface area contributed by atoms with E-state index in [-0.39, 0.29) is 10.6 Å². The average Bonchev–Trinajstić information content (AvgIpc) is 2.67. The molecule has 3 nitrogen and oxygen atoms in total. The van der Waals surface area contributed by atoms with Crippen LogP contribution in [0, 0.1) is 12.7 Å². The van der Waals surface area contributed by atoms with Crippen molar-refractivity contribution >= 4 is 22.4 Å². The van der Waals surface area contributed by atoms with Crippen LogP contribution >= 0.6 is 11.6 Å². The van der Waals surface area contributed by atoms with E-state index in [9.17, 15) is 8.60 Å². The second-order valence-electron chi connectivity index (χ2n) is 4.08. The fraction of sp³-hybridized carbons (Fsp3) is 0.308.